The summed E-state index contributed by atoms with van der Waals surface area (Å²) in [4.78, 5) is 26.6. The lowest BCUT2D eigenvalue weighted by atomic mass is 10.1. The highest BCUT2D eigenvalue weighted by atomic mass is 16.4. The number of aromatic hydroxyl groups is 1. The number of hydrogen-bond acceptors (Lipinski definition) is 5. The SMILES string of the molecule is Cc1cc(=O)c(O)c(-c2[nH]c(-c3cnc[nH]3)nc2-c2ccccc2)o1. The van der Waals surface area contributed by atoms with E-state index in [-0.39, 0.29) is 5.76 Å². The van der Waals surface area contributed by atoms with Crippen molar-refractivity contribution < 1.29 is 9.52 Å². The standard InChI is InChI=1S/C18H14N4O3/c1-10-7-13(23)16(24)17(25-10)15-14(11-5-3-2-4-6-11)21-18(22-15)12-8-19-9-20-12/h2-9,24H,1H3,(H,19,20)(H,21,22). The summed E-state index contributed by atoms with van der Waals surface area (Å²) in [7, 11) is 0. The number of nitrogens with zero attached hydrogens (tertiary/aromatic N) is 2. The molecule has 124 valence electrons. The van der Waals surface area contributed by atoms with E-state index in [4.69, 9.17) is 4.42 Å². The van der Waals surface area contributed by atoms with Crippen LogP contribution >= 0.6 is 0 Å². The highest BCUT2D eigenvalue weighted by molar-refractivity contribution is 5.80. The fourth-order valence-electron chi connectivity index (χ4n) is 2.63. The Morgan fingerprint density at radius 3 is 2.72 bits per heavy atom. The highest BCUT2D eigenvalue weighted by Gasteiger charge is 2.22. The number of nitrogens with one attached hydrogen (secondary N) is 2. The van der Waals surface area contributed by atoms with E-state index >= 15 is 0 Å². The van der Waals surface area contributed by atoms with E-state index in [1.165, 1.54) is 6.07 Å². The molecule has 0 saturated heterocycles. The first-order valence-corrected chi connectivity index (χ1v) is 7.61. The monoisotopic (exact) mass is 334 g/mol. The van der Waals surface area contributed by atoms with Crippen molar-refractivity contribution in [2.75, 3.05) is 0 Å². The van der Waals surface area contributed by atoms with E-state index in [2.05, 4.69) is 19.9 Å². The molecule has 0 atom stereocenters. The van der Waals surface area contributed by atoms with Crippen LogP contribution in [0.2, 0.25) is 0 Å². The molecule has 0 aliphatic rings. The largest absolute Gasteiger partial charge is 0.501 e. The zero-order chi connectivity index (χ0) is 17.4. The molecule has 3 N–H and O–H groups in total. The zero-order valence-corrected chi connectivity index (χ0v) is 13.3. The second-order valence-corrected chi connectivity index (χ2v) is 5.54. The van der Waals surface area contributed by atoms with E-state index in [9.17, 15) is 9.90 Å². The number of imidazole rings is 2. The minimum Gasteiger partial charge on any atom is -0.501 e. The predicted molar refractivity (Wildman–Crippen MR) is 92.0 cm³/mol. The topological polar surface area (TPSA) is 108 Å². The summed E-state index contributed by atoms with van der Waals surface area (Å²) in [6.45, 7) is 1.65. The number of aromatic nitrogens is 4. The van der Waals surface area contributed by atoms with Crippen molar-refractivity contribution in [1.82, 2.24) is 19.9 Å². The van der Waals surface area contributed by atoms with Crippen molar-refractivity contribution in [2.24, 2.45) is 0 Å². The smallest absolute Gasteiger partial charge is 0.227 e. The van der Waals surface area contributed by atoms with Gasteiger partial charge in [-0.05, 0) is 6.92 Å². The van der Waals surface area contributed by atoms with E-state index < -0.39 is 11.2 Å². The normalized spacial score (nSPS) is 10.9. The van der Waals surface area contributed by atoms with Gasteiger partial charge in [-0.15, -0.1) is 0 Å². The summed E-state index contributed by atoms with van der Waals surface area (Å²) >= 11 is 0. The minimum atomic E-state index is -0.504. The van der Waals surface area contributed by atoms with Gasteiger partial charge in [0.2, 0.25) is 11.2 Å². The average molecular weight is 334 g/mol. The van der Waals surface area contributed by atoms with E-state index in [1.54, 1.807) is 19.4 Å². The maximum Gasteiger partial charge on any atom is 0.227 e. The predicted octanol–water partition coefficient (Wildman–Crippen LogP) is 3.10. The lowest BCUT2D eigenvalue weighted by Crippen LogP contribution is -2.01. The van der Waals surface area contributed by atoms with Gasteiger partial charge in [0.05, 0.1) is 12.5 Å². The zero-order valence-electron chi connectivity index (χ0n) is 13.3. The van der Waals surface area contributed by atoms with Gasteiger partial charge >= 0.3 is 0 Å². The molecule has 4 rings (SSSR count). The number of H-pyrrole nitrogens is 2. The Labute approximate surface area is 142 Å². The van der Waals surface area contributed by atoms with Crippen LogP contribution in [0.15, 0.2) is 58.1 Å². The van der Waals surface area contributed by atoms with Crippen LogP contribution in [0.4, 0.5) is 0 Å². The summed E-state index contributed by atoms with van der Waals surface area (Å²) in [6.07, 6.45) is 3.17. The number of hydrogen-bond donors (Lipinski definition) is 3. The Bertz CT molecular complexity index is 1080. The summed E-state index contributed by atoms with van der Waals surface area (Å²) in [5.41, 5.74) is 1.99. The third kappa shape index (κ3) is 2.61. The molecule has 7 heteroatoms. The quantitative estimate of drug-likeness (QED) is 0.533. The summed E-state index contributed by atoms with van der Waals surface area (Å²) in [6, 6.07) is 10.7. The Kier molecular flexibility index (Phi) is 3.46. The van der Waals surface area contributed by atoms with Gasteiger partial charge < -0.3 is 19.5 Å². The van der Waals surface area contributed by atoms with Crippen LogP contribution in [-0.2, 0) is 0 Å². The molecule has 0 amide bonds. The molecule has 4 aromatic rings. The molecule has 7 nitrogen and oxygen atoms in total. The maximum atomic E-state index is 12.0. The van der Waals surface area contributed by atoms with E-state index in [1.807, 2.05) is 30.3 Å². The second-order valence-electron chi connectivity index (χ2n) is 5.54. The van der Waals surface area contributed by atoms with Gasteiger partial charge in [0.15, 0.2) is 11.6 Å². The maximum absolute atomic E-state index is 12.0. The Hall–Kier alpha value is -3.61. The number of aryl methyl sites for hydroxylation is 1. The van der Waals surface area contributed by atoms with Crippen molar-refractivity contribution in [3.63, 3.8) is 0 Å². The van der Waals surface area contributed by atoms with Crippen molar-refractivity contribution in [3.05, 3.63) is 64.9 Å². The van der Waals surface area contributed by atoms with Gasteiger partial charge in [0.1, 0.15) is 22.8 Å². The fraction of sp³-hybridized carbons (Fsp3) is 0.0556. The van der Waals surface area contributed by atoms with Crippen LogP contribution in [0.25, 0.3) is 34.2 Å². The lowest BCUT2D eigenvalue weighted by molar-refractivity contribution is 0.429. The third-order valence-corrected chi connectivity index (χ3v) is 3.78. The van der Waals surface area contributed by atoms with Crippen molar-refractivity contribution in [2.45, 2.75) is 6.92 Å². The molecule has 1 aromatic carbocycles. The molecular weight excluding hydrogens is 320 g/mol. The molecule has 0 fully saturated rings. The van der Waals surface area contributed by atoms with Crippen molar-refractivity contribution in [3.8, 4) is 40.0 Å². The molecule has 0 spiro atoms. The number of benzene rings is 1. The molecular formula is C18H14N4O3. The molecule has 0 aliphatic heterocycles. The van der Waals surface area contributed by atoms with E-state index in [0.29, 0.717) is 28.7 Å². The Balaban J connectivity index is 2.00. The molecule has 3 aromatic heterocycles. The minimum absolute atomic E-state index is 0.0575. The van der Waals surface area contributed by atoms with Gasteiger partial charge in [0, 0.05) is 11.6 Å². The van der Waals surface area contributed by atoms with Crippen molar-refractivity contribution >= 4 is 0 Å². The van der Waals surface area contributed by atoms with Gasteiger partial charge in [-0.2, -0.15) is 0 Å². The Morgan fingerprint density at radius 2 is 2.00 bits per heavy atom. The van der Waals surface area contributed by atoms with Gasteiger partial charge in [-0.3, -0.25) is 4.79 Å². The Morgan fingerprint density at radius 1 is 1.20 bits per heavy atom. The summed E-state index contributed by atoms with van der Waals surface area (Å²) in [5, 5.41) is 10.2. The first-order chi connectivity index (χ1) is 12.1. The third-order valence-electron chi connectivity index (χ3n) is 3.78. The van der Waals surface area contributed by atoms with Gasteiger partial charge in [-0.1, -0.05) is 30.3 Å². The molecule has 0 unspecified atom stereocenters. The van der Waals surface area contributed by atoms with Crippen molar-refractivity contribution in [1.29, 1.82) is 0 Å². The first kappa shape index (κ1) is 14.9. The van der Waals surface area contributed by atoms with Crippen LogP contribution in [0.5, 0.6) is 5.75 Å². The molecule has 0 aliphatic carbocycles. The van der Waals surface area contributed by atoms with Gasteiger partial charge in [-0.25, -0.2) is 9.97 Å². The van der Waals surface area contributed by atoms with Crippen LogP contribution < -0.4 is 5.43 Å². The average Bonchev–Trinajstić information content (AvgIpc) is 3.28. The van der Waals surface area contributed by atoms with Crippen LogP contribution in [0, 0.1) is 6.92 Å². The molecule has 0 bridgehead atoms. The number of aromatic amines is 2. The van der Waals surface area contributed by atoms with Crippen LogP contribution in [0.3, 0.4) is 0 Å². The molecule has 3 heterocycles. The summed E-state index contributed by atoms with van der Waals surface area (Å²) in [5.74, 6) is 0.522. The van der Waals surface area contributed by atoms with Crippen LogP contribution in [-0.4, -0.2) is 25.0 Å². The van der Waals surface area contributed by atoms with Crippen LogP contribution in [0.1, 0.15) is 5.76 Å². The second kappa shape index (κ2) is 5.79. The fourth-order valence-corrected chi connectivity index (χ4v) is 2.63. The highest BCUT2D eigenvalue weighted by Crippen LogP contribution is 2.35. The van der Waals surface area contributed by atoms with E-state index in [0.717, 1.165) is 5.56 Å². The first-order valence-electron chi connectivity index (χ1n) is 7.61. The lowest BCUT2D eigenvalue weighted by Gasteiger charge is -2.05. The molecule has 0 radical (unpaired) electrons. The summed E-state index contributed by atoms with van der Waals surface area (Å²) < 4.78 is 5.62. The number of rotatable bonds is 3. The molecule has 0 saturated carbocycles. The molecule has 25 heavy (non-hydrogen) atoms. The van der Waals surface area contributed by atoms with Gasteiger partial charge in [0.25, 0.3) is 0 Å².